The van der Waals surface area contributed by atoms with Crippen LogP contribution in [-0.4, -0.2) is 45.0 Å². The average Bonchev–Trinajstić information content (AvgIpc) is 3.46. The highest BCUT2D eigenvalue weighted by molar-refractivity contribution is 6.03. The Hall–Kier alpha value is -3.40. The summed E-state index contributed by atoms with van der Waals surface area (Å²) in [5, 5.41) is 12.5. The molecule has 0 aromatic carbocycles. The summed E-state index contributed by atoms with van der Waals surface area (Å²) in [4.78, 5) is 29.9. The zero-order valence-electron chi connectivity index (χ0n) is 17.0. The molecule has 0 spiro atoms. The number of hydrogen-bond acceptors (Lipinski definition) is 8. The van der Waals surface area contributed by atoms with Crippen LogP contribution >= 0.6 is 0 Å². The summed E-state index contributed by atoms with van der Waals surface area (Å²) in [5.74, 6) is 0.186. The van der Waals surface area contributed by atoms with Crippen LogP contribution in [-0.2, 0) is 9.63 Å². The van der Waals surface area contributed by atoms with Crippen molar-refractivity contribution in [3.05, 3.63) is 42.5 Å². The Balaban J connectivity index is 1.34. The minimum atomic E-state index is -0.556. The van der Waals surface area contributed by atoms with Crippen molar-refractivity contribution >= 4 is 17.6 Å². The average molecular weight is 413 g/mol. The lowest BCUT2D eigenvalue weighted by molar-refractivity contribution is -0.195. The highest BCUT2D eigenvalue weighted by Gasteiger charge is 2.31. The number of hydroxylamine groups is 2. The van der Waals surface area contributed by atoms with Gasteiger partial charge in [-0.05, 0) is 39.3 Å². The molecule has 1 atom stereocenters. The van der Waals surface area contributed by atoms with Crippen LogP contribution in [0.4, 0.5) is 5.69 Å². The van der Waals surface area contributed by atoms with Gasteiger partial charge in [0, 0.05) is 18.8 Å². The van der Waals surface area contributed by atoms with E-state index in [4.69, 9.17) is 13.8 Å². The minimum Gasteiger partial charge on any atom is -0.461 e. The maximum absolute atomic E-state index is 12.4. The van der Waals surface area contributed by atoms with E-state index in [1.54, 1.807) is 34.3 Å². The second-order valence-corrected chi connectivity index (χ2v) is 8.18. The second kappa shape index (κ2) is 7.79. The van der Waals surface area contributed by atoms with Gasteiger partial charge in [0.05, 0.1) is 36.1 Å². The molecule has 158 valence electrons. The number of aromatic nitrogens is 3. The third kappa shape index (κ3) is 4.28. The van der Waals surface area contributed by atoms with Crippen LogP contribution in [0.5, 0.6) is 0 Å². The van der Waals surface area contributed by atoms with Gasteiger partial charge in [-0.25, -0.2) is 4.79 Å². The molecule has 0 saturated carbocycles. The van der Waals surface area contributed by atoms with Crippen LogP contribution in [0.25, 0.3) is 11.5 Å². The molecule has 4 heterocycles. The summed E-state index contributed by atoms with van der Waals surface area (Å²) in [6.07, 6.45) is 5.60. The van der Waals surface area contributed by atoms with Crippen LogP contribution < -0.4 is 5.32 Å². The summed E-state index contributed by atoms with van der Waals surface area (Å²) in [6.45, 7) is 6.61. The molecule has 3 aromatic heterocycles. The molecule has 10 heteroatoms. The normalized spacial score (nSPS) is 17.2. The SMILES string of the molecule is CC(C)(C)C(=O)ON1CCC(n2cc(NC(=O)c3cc(-c4ccco4)on3)cn2)C1. The zero-order valence-corrected chi connectivity index (χ0v) is 17.0. The molecular formula is C20H23N5O5. The zero-order chi connectivity index (χ0) is 21.3. The predicted octanol–water partition coefficient (Wildman–Crippen LogP) is 3.13. The highest BCUT2D eigenvalue weighted by atomic mass is 16.7. The van der Waals surface area contributed by atoms with E-state index >= 15 is 0 Å². The number of amides is 1. The minimum absolute atomic E-state index is 0.0426. The molecule has 3 aromatic rings. The lowest BCUT2D eigenvalue weighted by Crippen LogP contribution is -2.32. The van der Waals surface area contributed by atoms with Crippen molar-refractivity contribution in [2.24, 2.45) is 5.41 Å². The molecule has 1 unspecified atom stereocenters. The first-order valence-electron chi connectivity index (χ1n) is 9.63. The van der Waals surface area contributed by atoms with Crippen LogP contribution in [0.1, 0.15) is 43.7 Å². The molecule has 1 amide bonds. The number of nitrogens with zero attached hydrogens (tertiary/aromatic N) is 4. The molecule has 1 saturated heterocycles. The number of anilines is 1. The third-order valence-corrected chi connectivity index (χ3v) is 4.69. The Kier molecular flexibility index (Phi) is 5.17. The molecule has 0 bridgehead atoms. The van der Waals surface area contributed by atoms with Gasteiger partial charge < -0.3 is 19.1 Å². The maximum atomic E-state index is 12.4. The van der Waals surface area contributed by atoms with Crippen LogP contribution in [0, 0.1) is 5.41 Å². The Morgan fingerprint density at radius 3 is 2.87 bits per heavy atom. The summed E-state index contributed by atoms with van der Waals surface area (Å²) in [7, 11) is 0. The molecule has 1 N–H and O–H groups in total. The molecule has 30 heavy (non-hydrogen) atoms. The van der Waals surface area contributed by atoms with E-state index < -0.39 is 11.3 Å². The fraction of sp³-hybridized carbons (Fsp3) is 0.400. The number of carbonyl (C=O) groups is 2. The van der Waals surface area contributed by atoms with Gasteiger partial charge in [0.15, 0.2) is 11.5 Å². The van der Waals surface area contributed by atoms with Gasteiger partial charge in [-0.2, -0.15) is 5.10 Å². The van der Waals surface area contributed by atoms with E-state index in [1.807, 2.05) is 20.8 Å². The highest BCUT2D eigenvalue weighted by Crippen LogP contribution is 2.25. The van der Waals surface area contributed by atoms with Crippen LogP contribution in [0.2, 0.25) is 0 Å². The molecule has 4 rings (SSSR count). The van der Waals surface area contributed by atoms with Gasteiger partial charge in [0.25, 0.3) is 5.91 Å². The maximum Gasteiger partial charge on any atom is 0.330 e. The van der Waals surface area contributed by atoms with Gasteiger partial charge in [-0.3, -0.25) is 9.48 Å². The van der Waals surface area contributed by atoms with E-state index in [0.29, 0.717) is 30.3 Å². The molecule has 1 aliphatic heterocycles. The van der Waals surface area contributed by atoms with Gasteiger partial charge >= 0.3 is 5.97 Å². The van der Waals surface area contributed by atoms with Crippen LogP contribution in [0.3, 0.4) is 0 Å². The summed E-state index contributed by atoms with van der Waals surface area (Å²) in [5.41, 5.74) is 0.113. The van der Waals surface area contributed by atoms with Crippen molar-refractivity contribution in [2.45, 2.75) is 33.2 Å². The van der Waals surface area contributed by atoms with Gasteiger partial charge in [-0.1, -0.05) is 5.16 Å². The quantitative estimate of drug-likeness (QED) is 0.678. The topological polar surface area (TPSA) is 116 Å². The Bertz CT molecular complexity index is 1030. The Morgan fingerprint density at radius 2 is 2.13 bits per heavy atom. The standard InChI is InChI=1S/C20H23N5O5/c1-20(2,3)19(27)30-24-7-6-14(12-24)25-11-13(10-21-25)22-18(26)15-9-17(29-23-15)16-5-4-8-28-16/h4-5,8-11,14H,6-7,12H2,1-3H3,(H,22,26). The van der Waals surface area contributed by atoms with E-state index in [1.165, 1.54) is 12.3 Å². The van der Waals surface area contributed by atoms with Gasteiger partial charge in [-0.15, -0.1) is 5.06 Å². The Labute approximate surface area is 172 Å². The smallest absolute Gasteiger partial charge is 0.330 e. The summed E-state index contributed by atoms with van der Waals surface area (Å²) < 4.78 is 12.1. The molecule has 1 aliphatic rings. The van der Waals surface area contributed by atoms with Crippen molar-refractivity contribution in [1.29, 1.82) is 0 Å². The monoisotopic (exact) mass is 413 g/mol. The number of hydrogen-bond donors (Lipinski definition) is 1. The second-order valence-electron chi connectivity index (χ2n) is 8.18. The summed E-state index contributed by atoms with van der Waals surface area (Å²) >= 11 is 0. The third-order valence-electron chi connectivity index (χ3n) is 4.69. The van der Waals surface area contributed by atoms with Crippen molar-refractivity contribution < 1.29 is 23.4 Å². The first kappa shape index (κ1) is 19.9. The predicted molar refractivity (Wildman–Crippen MR) is 105 cm³/mol. The fourth-order valence-corrected chi connectivity index (χ4v) is 2.98. The molecule has 0 radical (unpaired) electrons. The van der Waals surface area contributed by atoms with E-state index in [9.17, 15) is 9.59 Å². The van der Waals surface area contributed by atoms with Crippen LogP contribution in [0.15, 0.2) is 45.8 Å². The lowest BCUT2D eigenvalue weighted by Gasteiger charge is -2.21. The van der Waals surface area contributed by atoms with Gasteiger partial charge in [0.2, 0.25) is 5.76 Å². The van der Waals surface area contributed by atoms with E-state index in [2.05, 4.69) is 15.6 Å². The number of rotatable bonds is 5. The van der Waals surface area contributed by atoms with E-state index in [0.717, 1.165) is 6.42 Å². The van der Waals surface area contributed by atoms with Crippen molar-refractivity contribution in [2.75, 3.05) is 18.4 Å². The number of furan rings is 1. The fourth-order valence-electron chi connectivity index (χ4n) is 2.98. The van der Waals surface area contributed by atoms with Crippen molar-refractivity contribution in [3.8, 4) is 11.5 Å². The number of carbonyl (C=O) groups excluding carboxylic acids is 2. The largest absolute Gasteiger partial charge is 0.461 e. The van der Waals surface area contributed by atoms with Crippen molar-refractivity contribution in [3.63, 3.8) is 0 Å². The van der Waals surface area contributed by atoms with Gasteiger partial charge in [0.1, 0.15) is 0 Å². The Morgan fingerprint density at radius 1 is 1.30 bits per heavy atom. The molecular weight excluding hydrogens is 390 g/mol. The van der Waals surface area contributed by atoms with Crippen molar-refractivity contribution in [1.82, 2.24) is 20.0 Å². The molecule has 10 nitrogen and oxygen atoms in total. The lowest BCUT2D eigenvalue weighted by atomic mass is 9.98. The molecule has 0 aliphatic carbocycles. The summed E-state index contributed by atoms with van der Waals surface area (Å²) in [6, 6.07) is 4.99. The first-order valence-corrected chi connectivity index (χ1v) is 9.63. The molecule has 1 fully saturated rings. The first-order chi connectivity index (χ1) is 14.3. The van der Waals surface area contributed by atoms with E-state index in [-0.39, 0.29) is 17.7 Å². The number of nitrogens with one attached hydrogen (secondary N) is 1.